The smallest absolute Gasteiger partial charge is 0.353 e. The lowest BCUT2D eigenvalue weighted by Crippen LogP contribution is -2.10. The monoisotopic (exact) mass is 229 g/mol. The van der Waals surface area contributed by atoms with Gasteiger partial charge < -0.3 is 9.47 Å². The van der Waals surface area contributed by atoms with Crippen LogP contribution in [-0.4, -0.2) is 23.7 Å². The number of rotatable bonds is 4. The summed E-state index contributed by atoms with van der Waals surface area (Å²) in [6.45, 7) is 7.75. The Balaban J connectivity index is 2.90. The number of hydrogen-bond acceptors (Lipinski definition) is 5. The third-order valence-corrected chi connectivity index (χ3v) is 2.44. The molecule has 0 saturated carbocycles. The molecule has 0 aliphatic heterocycles. The number of hydrogen-bond donors (Lipinski definition) is 0. The third-order valence-electron chi connectivity index (χ3n) is 1.51. The van der Waals surface area contributed by atoms with E-state index in [4.69, 9.17) is 9.47 Å². The molecule has 1 heterocycles. The molecule has 0 radical (unpaired) electrons. The number of aryl methyl sites for hydroxylation is 1. The molecule has 0 aliphatic carbocycles. The zero-order valence-electron chi connectivity index (χ0n) is 9.36. The molecule has 84 valence electrons. The van der Waals surface area contributed by atoms with Crippen LogP contribution in [0.5, 0.6) is 5.88 Å². The van der Waals surface area contributed by atoms with Gasteiger partial charge in [-0.15, -0.1) is 11.3 Å². The summed E-state index contributed by atoms with van der Waals surface area (Å²) in [6, 6.07) is 0. The minimum atomic E-state index is -0.362. The molecule has 0 atom stereocenters. The maximum Gasteiger partial charge on any atom is 0.353 e. The van der Waals surface area contributed by atoms with Crippen LogP contribution in [0.15, 0.2) is 0 Å². The first-order valence-corrected chi connectivity index (χ1v) is 5.67. The molecule has 0 aliphatic rings. The Morgan fingerprint density at radius 1 is 1.53 bits per heavy atom. The highest BCUT2D eigenvalue weighted by Crippen LogP contribution is 2.26. The number of nitrogens with zero attached hydrogens (tertiary/aromatic N) is 1. The molecule has 0 saturated heterocycles. The van der Waals surface area contributed by atoms with Crippen molar-refractivity contribution < 1.29 is 14.3 Å². The van der Waals surface area contributed by atoms with Crippen LogP contribution < -0.4 is 4.74 Å². The first-order valence-electron chi connectivity index (χ1n) is 4.85. The summed E-state index contributed by atoms with van der Waals surface area (Å²) in [6.07, 6.45) is -0.000300. The summed E-state index contributed by atoms with van der Waals surface area (Å²) in [4.78, 5) is 16.1. The van der Waals surface area contributed by atoms with Gasteiger partial charge in [0.1, 0.15) is 0 Å². The van der Waals surface area contributed by atoms with E-state index in [1.54, 1.807) is 6.92 Å². The van der Waals surface area contributed by atoms with Gasteiger partial charge in [-0.05, 0) is 27.7 Å². The standard InChI is InChI=1S/C10H15NO3S/c1-5-13-10(12)8-9(14-6(2)3)11-7(4)15-8/h6H,5H2,1-4H3. The SMILES string of the molecule is CCOC(=O)c1sc(C)nc1OC(C)C. The van der Waals surface area contributed by atoms with E-state index in [1.807, 2.05) is 20.8 Å². The molecule has 1 aromatic heterocycles. The fraction of sp³-hybridized carbons (Fsp3) is 0.600. The maximum absolute atomic E-state index is 11.5. The van der Waals surface area contributed by atoms with Gasteiger partial charge in [-0.1, -0.05) is 0 Å². The van der Waals surface area contributed by atoms with E-state index < -0.39 is 0 Å². The molecule has 5 heteroatoms. The Hall–Kier alpha value is -1.10. The van der Waals surface area contributed by atoms with Crippen LogP contribution >= 0.6 is 11.3 Å². The quantitative estimate of drug-likeness (QED) is 0.744. The van der Waals surface area contributed by atoms with Crippen molar-refractivity contribution in [1.82, 2.24) is 4.98 Å². The second-order valence-electron chi connectivity index (χ2n) is 3.25. The average molecular weight is 229 g/mol. The van der Waals surface area contributed by atoms with Gasteiger partial charge in [-0.3, -0.25) is 0 Å². The van der Waals surface area contributed by atoms with Gasteiger partial charge >= 0.3 is 5.97 Å². The number of carbonyl (C=O) groups excluding carboxylic acids is 1. The largest absolute Gasteiger partial charge is 0.474 e. The lowest BCUT2D eigenvalue weighted by Gasteiger charge is -2.07. The van der Waals surface area contributed by atoms with E-state index in [2.05, 4.69) is 4.98 Å². The Labute approximate surface area is 93.2 Å². The van der Waals surface area contributed by atoms with Crippen molar-refractivity contribution in [2.45, 2.75) is 33.8 Å². The normalized spacial score (nSPS) is 10.5. The molecule has 15 heavy (non-hydrogen) atoms. The summed E-state index contributed by atoms with van der Waals surface area (Å²) in [5.74, 6) is 0.0182. The van der Waals surface area contributed by atoms with Crippen molar-refractivity contribution in [3.8, 4) is 5.88 Å². The lowest BCUT2D eigenvalue weighted by molar-refractivity contribution is 0.0525. The fourth-order valence-electron chi connectivity index (χ4n) is 1.04. The van der Waals surface area contributed by atoms with Crippen LogP contribution in [0, 0.1) is 6.92 Å². The van der Waals surface area contributed by atoms with Gasteiger partial charge in [0.2, 0.25) is 5.88 Å². The van der Waals surface area contributed by atoms with E-state index in [0.29, 0.717) is 17.4 Å². The molecule has 1 aromatic rings. The van der Waals surface area contributed by atoms with E-state index in [1.165, 1.54) is 11.3 Å². The van der Waals surface area contributed by atoms with Crippen LogP contribution in [0.3, 0.4) is 0 Å². The second-order valence-corrected chi connectivity index (χ2v) is 4.46. The number of ether oxygens (including phenoxy) is 2. The molecule has 0 fully saturated rings. The lowest BCUT2D eigenvalue weighted by atomic mass is 10.4. The van der Waals surface area contributed by atoms with Crippen LogP contribution in [0.2, 0.25) is 0 Å². The summed E-state index contributed by atoms with van der Waals surface area (Å²) in [7, 11) is 0. The maximum atomic E-state index is 11.5. The summed E-state index contributed by atoms with van der Waals surface area (Å²) in [5.41, 5.74) is 0. The third kappa shape index (κ3) is 3.20. The average Bonchev–Trinajstić information content (AvgIpc) is 2.46. The van der Waals surface area contributed by atoms with E-state index >= 15 is 0 Å². The molecular weight excluding hydrogens is 214 g/mol. The first-order chi connectivity index (χ1) is 7.04. The number of carbonyl (C=O) groups is 1. The Bertz CT molecular complexity index is 346. The van der Waals surface area contributed by atoms with Crippen LogP contribution in [0.4, 0.5) is 0 Å². The van der Waals surface area contributed by atoms with Gasteiger partial charge in [0.05, 0.1) is 17.7 Å². The van der Waals surface area contributed by atoms with Gasteiger partial charge in [0.15, 0.2) is 4.88 Å². The van der Waals surface area contributed by atoms with Crippen LogP contribution in [-0.2, 0) is 4.74 Å². The van der Waals surface area contributed by atoms with Crippen LogP contribution in [0.1, 0.15) is 35.5 Å². The van der Waals surface area contributed by atoms with E-state index in [0.717, 1.165) is 5.01 Å². The van der Waals surface area contributed by atoms with E-state index in [9.17, 15) is 4.79 Å². The van der Waals surface area contributed by atoms with Gasteiger partial charge in [-0.2, -0.15) is 0 Å². The highest BCUT2D eigenvalue weighted by Gasteiger charge is 2.19. The fourth-order valence-corrected chi connectivity index (χ4v) is 1.78. The van der Waals surface area contributed by atoms with Crippen LogP contribution in [0.25, 0.3) is 0 Å². The Kier molecular flexibility index (Phi) is 4.08. The predicted molar refractivity (Wildman–Crippen MR) is 58.6 cm³/mol. The highest BCUT2D eigenvalue weighted by molar-refractivity contribution is 7.13. The summed E-state index contributed by atoms with van der Waals surface area (Å²) >= 11 is 1.29. The molecule has 0 spiro atoms. The first kappa shape index (κ1) is 12.0. The summed E-state index contributed by atoms with van der Waals surface area (Å²) in [5, 5.41) is 0.800. The minimum absolute atomic E-state index is 0.000300. The molecule has 0 amide bonds. The molecule has 0 aromatic carbocycles. The Morgan fingerprint density at radius 2 is 2.20 bits per heavy atom. The van der Waals surface area contributed by atoms with Gasteiger partial charge in [0, 0.05) is 0 Å². The topological polar surface area (TPSA) is 48.4 Å². The molecule has 0 N–H and O–H groups in total. The number of aromatic nitrogens is 1. The van der Waals surface area contributed by atoms with Gasteiger partial charge in [-0.25, -0.2) is 9.78 Å². The summed E-state index contributed by atoms with van der Waals surface area (Å²) < 4.78 is 10.3. The molecule has 0 bridgehead atoms. The second kappa shape index (κ2) is 5.11. The molecule has 1 rings (SSSR count). The van der Waals surface area contributed by atoms with E-state index in [-0.39, 0.29) is 12.1 Å². The highest BCUT2D eigenvalue weighted by atomic mass is 32.1. The molecular formula is C10H15NO3S. The Morgan fingerprint density at radius 3 is 2.73 bits per heavy atom. The molecule has 0 unspecified atom stereocenters. The van der Waals surface area contributed by atoms with Crippen molar-refractivity contribution in [2.75, 3.05) is 6.61 Å². The van der Waals surface area contributed by atoms with Crippen molar-refractivity contribution in [2.24, 2.45) is 0 Å². The van der Waals surface area contributed by atoms with Crippen molar-refractivity contribution in [3.63, 3.8) is 0 Å². The minimum Gasteiger partial charge on any atom is -0.474 e. The van der Waals surface area contributed by atoms with Gasteiger partial charge in [0.25, 0.3) is 0 Å². The van der Waals surface area contributed by atoms with Crippen molar-refractivity contribution in [3.05, 3.63) is 9.88 Å². The predicted octanol–water partition coefficient (Wildman–Crippen LogP) is 2.42. The number of thiazole rings is 1. The number of esters is 1. The van der Waals surface area contributed by atoms with Crippen molar-refractivity contribution >= 4 is 17.3 Å². The van der Waals surface area contributed by atoms with Crippen molar-refractivity contribution in [1.29, 1.82) is 0 Å². The zero-order valence-corrected chi connectivity index (χ0v) is 10.2. The molecule has 4 nitrogen and oxygen atoms in total. The zero-order chi connectivity index (χ0) is 11.4.